The van der Waals surface area contributed by atoms with E-state index in [1.807, 2.05) is 0 Å². The van der Waals surface area contributed by atoms with Gasteiger partial charge in [-0.3, -0.25) is 0 Å². The lowest BCUT2D eigenvalue weighted by molar-refractivity contribution is -0.389. The Morgan fingerprint density at radius 2 is 1.76 bits per heavy atom. The van der Waals surface area contributed by atoms with Gasteiger partial charge in [-0.15, -0.1) is 0 Å². The van der Waals surface area contributed by atoms with E-state index in [0.717, 1.165) is 12.3 Å². The highest BCUT2D eigenvalue weighted by Crippen LogP contribution is 2.34. The van der Waals surface area contributed by atoms with Crippen molar-refractivity contribution in [3.05, 3.63) is 57.4 Å². The molecule has 0 spiro atoms. The van der Waals surface area contributed by atoms with Crippen LogP contribution in [0.5, 0.6) is 0 Å². The van der Waals surface area contributed by atoms with Crippen LogP contribution in [0.25, 0.3) is 5.65 Å². The van der Waals surface area contributed by atoms with Gasteiger partial charge in [0.15, 0.2) is 0 Å². The molecule has 0 aromatic carbocycles. The van der Waals surface area contributed by atoms with E-state index in [1.54, 1.807) is 34.2 Å². The molecule has 4 rings (SSSR count). The van der Waals surface area contributed by atoms with E-state index in [-0.39, 0.29) is 22.5 Å². The number of anilines is 2. The first-order valence-electron chi connectivity index (χ1n) is 8.60. The molecule has 12 heteroatoms. The fourth-order valence-corrected chi connectivity index (χ4v) is 3.59. The molecule has 0 amide bonds. The Balaban J connectivity index is 1.56. The maximum Gasteiger partial charge on any atom is 0.417 e. The third-order valence-corrected chi connectivity index (χ3v) is 4.97. The molecule has 0 N–H and O–H groups in total. The molecule has 0 bridgehead atoms. The summed E-state index contributed by atoms with van der Waals surface area (Å²) in [5.41, 5.74) is -0.450. The molecule has 0 unspecified atom stereocenters. The van der Waals surface area contributed by atoms with Gasteiger partial charge in [0.2, 0.25) is 11.5 Å². The molecular formula is C17H14ClF3N6O2. The molecule has 8 nitrogen and oxygen atoms in total. The smallest absolute Gasteiger partial charge is 0.358 e. The molecule has 3 aromatic rings. The number of piperazine rings is 1. The molecule has 1 fully saturated rings. The second-order valence-corrected chi connectivity index (χ2v) is 6.85. The number of rotatable bonds is 3. The zero-order valence-electron chi connectivity index (χ0n) is 14.8. The number of alkyl halides is 3. The number of nitrogens with zero attached hydrogens (tertiary/aromatic N) is 6. The molecule has 1 aliphatic heterocycles. The van der Waals surface area contributed by atoms with Gasteiger partial charge in [-0.05, 0) is 17.1 Å². The number of aromatic nitrogens is 3. The van der Waals surface area contributed by atoms with Crippen LogP contribution in [-0.2, 0) is 6.18 Å². The van der Waals surface area contributed by atoms with Crippen molar-refractivity contribution in [3.63, 3.8) is 0 Å². The number of pyridine rings is 2. The van der Waals surface area contributed by atoms with Crippen LogP contribution >= 0.6 is 11.6 Å². The molecule has 0 aliphatic carbocycles. The normalized spacial score (nSPS) is 15.2. The maximum atomic E-state index is 12.8. The van der Waals surface area contributed by atoms with Crippen molar-refractivity contribution in [1.29, 1.82) is 0 Å². The largest absolute Gasteiger partial charge is 0.417 e. The maximum absolute atomic E-state index is 12.8. The van der Waals surface area contributed by atoms with Crippen molar-refractivity contribution in [1.82, 2.24) is 14.4 Å². The Bertz CT molecular complexity index is 1080. The van der Waals surface area contributed by atoms with Crippen LogP contribution in [0.2, 0.25) is 5.02 Å². The number of imidazole rings is 1. The highest BCUT2D eigenvalue weighted by molar-refractivity contribution is 6.33. The van der Waals surface area contributed by atoms with Gasteiger partial charge in [0.1, 0.15) is 5.82 Å². The quantitative estimate of drug-likeness (QED) is 0.470. The Hall–Kier alpha value is -3.08. The minimum atomic E-state index is -4.52. The predicted molar refractivity (Wildman–Crippen MR) is 101 cm³/mol. The van der Waals surface area contributed by atoms with Crippen LogP contribution in [-0.4, -0.2) is 45.5 Å². The minimum Gasteiger partial charge on any atom is -0.358 e. The lowest BCUT2D eigenvalue weighted by atomic mass is 10.2. The van der Waals surface area contributed by atoms with Crippen LogP contribution in [0.15, 0.2) is 36.7 Å². The lowest BCUT2D eigenvalue weighted by Gasteiger charge is -2.35. The molecule has 0 saturated carbocycles. The van der Waals surface area contributed by atoms with Gasteiger partial charge in [-0.25, -0.2) is 4.98 Å². The van der Waals surface area contributed by atoms with Gasteiger partial charge < -0.3 is 19.9 Å². The minimum absolute atomic E-state index is 0.0908. The van der Waals surface area contributed by atoms with Crippen molar-refractivity contribution in [2.24, 2.45) is 0 Å². The second-order valence-electron chi connectivity index (χ2n) is 6.45. The number of hydrogen-bond donors (Lipinski definition) is 0. The zero-order chi connectivity index (χ0) is 20.8. The van der Waals surface area contributed by atoms with Crippen LogP contribution in [0.1, 0.15) is 5.56 Å². The van der Waals surface area contributed by atoms with Crippen molar-refractivity contribution in [3.8, 4) is 0 Å². The van der Waals surface area contributed by atoms with Gasteiger partial charge in [-0.2, -0.15) is 22.6 Å². The van der Waals surface area contributed by atoms with Gasteiger partial charge in [0.25, 0.3) is 0 Å². The van der Waals surface area contributed by atoms with E-state index in [4.69, 9.17) is 11.6 Å². The number of hydrogen-bond acceptors (Lipinski definition) is 6. The fourth-order valence-electron chi connectivity index (χ4n) is 3.30. The van der Waals surface area contributed by atoms with Crippen LogP contribution in [0.3, 0.4) is 0 Å². The van der Waals surface area contributed by atoms with Crippen LogP contribution < -0.4 is 9.80 Å². The molecule has 29 heavy (non-hydrogen) atoms. The van der Waals surface area contributed by atoms with Gasteiger partial charge in [0, 0.05) is 38.4 Å². The van der Waals surface area contributed by atoms with E-state index in [2.05, 4.69) is 9.97 Å². The molecule has 152 valence electrons. The average Bonchev–Trinajstić information content (AvgIpc) is 3.07. The van der Waals surface area contributed by atoms with Gasteiger partial charge in [-0.1, -0.05) is 17.7 Å². The summed E-state index contributed by atoms with van der Waals surface area (Å²) >= 11 is 6.02. The summed E-state index contributed by atoms with van der Waals surface area (Å²) in [6, 6.07) is 5.95. The first-order chi connectivity index (χ1) is 13.8. The lowest BCUT2D eigenvalue weighted by Crippen LogP contribution is -2.47. The molecule has 3 aromatic heterocycles. The Morgan fingerprint density at radius 3 is 2.34 bits per heavy atom. The summed E-state index contributed by atoms with van der Waals surface area (Å²) in [6.45, 7) is 1.51. The second kappa shape index (κ2) is 7.07. The standard InChI is InChI=1S/C17H14ClF3N6O2/c18-12-9-11(17(19,20)21)10-22-14(12)24-5-7-25(8-6-24)15-16(27(28)29)26-4-2-1-3-13(26)23-15/h1-4,9-10H,5-8H2. The summed E-state index contributed by atoms with van der Waals surface area (Å²) in [5, 5.41) is 11.5. The van der Waals surface area contributed by atoms with Gasteiger partial charge >= 0.3 is 12.0 Å². The van der Waals surface area contributed by atoms with Crippen molar-refractivity contribution in [2.45, 2.75) is 6.18 Å². The Morgan fingerprint density at radius 1 is 1.10 bits per heavy atom. The summed E-state index contributed by atoms with van der Waals surface area (Å²) < 4.78 is 39.8. The third-order valence-electron chi connectivity index (χ3n) is 4.69. The predicted octanol–water partition coefficient (Wildman–Crippen LogP) is 3.64. The molecule has 4 heterocycles. The molecule has 0 radical (unpaired) electrons. The van der Waals surface area contributed by atoms with Gasteiger partial charge in [0.05, 0.1) is 16.8 Å². The third kappa shape index (κ3) is 3.53. The van der Waals surface area contributed by atoms with E-state index in [1.165, 1.54) is 4.40 Å². The first-order valence-corrected chi connectivity index (χ1v) is 8.97. The van der Waals surface area contributed by atoms with Crippen molar-refractivity contribution >= 4 is 34.7 Å². The summed E-state index contributed by atoms with van der Waals surface area (Å²) in [5.74, 6) is 0.385. The summed E-state index contributed by atoms with van der Waals surface area (Å²) in [6.07, 6.45) is -2.19. The molecule has 0 atom stereocenters. The monoisotopic (exact) mass is 426 g/mol. The molecule has 1 aliphatic rings. The topological polar surface area (TPSA) is 79.8 Å². The first kappa shape index (κ1) is 19.2. The number of halogens is 4. The van der Waals surface area contributed by atoms with E-state index in [0.29, 0.717) is 31.8 Å². The molecule has 1 saturated heterocycles. The zero-order valence-corrected chi connectivity index (χ0v) is 15.6. The van der Waals surface area contributed by atoms with E-state index >= 15 is 0 Å². The highest BCUT2D eigenvalue weighted by Gasteiger charge is 2.33. The Kier molecular flexibility index (Phi) is 4.69. The SMILES string of the molecule is O=[N+]([O-])c1c(N2CCN(c3ncc(C(F)(F)F)cc3Cl)CC2)nc2ccccn12. The highest BCUT2D eigenvalue weighted by atomic mass is 35.5. The number of nitro groups is 1. The van der Waals surface area contributed by atoms with Crippen LogP contribution in [0, 0.1) is 10.1 Å². The fraction of sp³-hybridized carbons (Fsp3) is 0.294. The summed E-state index contributed by atoms with van der Waals surface area (Å²) in [7, 11) is 0. The van der Waals surface area contributed by atoms with E-state index < -0.39 is 16.7 Å². The van der Waals surface area contributed by atoms with Crippen molar-refractivity contribution in [2.75, 3.05) is 36.0 Å². The van der Waals surface area contributed by atoms with Crippen molar-refractivity contribution < 1.29 is 18.1 Å². The van der Waals surface area contributed by atoms with Crippen LogP contribution in [0.4, 0.5) is 30.6 Å². The number of fused-ring (bicyclic) bond motifs is 1. The van der Waals surface area contributed by atoms with E-state index in [9.17, 15) is 23.3 Å². The average molecular weight is 427 g/mol. The Labute approximate surface area is 167 Å². The molecular weight excluding hydrogens is 413 g/mol. The summed E-state index contributed by atoms with van der Waals surface area (Å²) in [4.78, 5) is 22.9.